The molecule has 0 radical (unpaired) electrons. The fraction of sp³-hybridized carbons (Fsp3) is 0.176. The minimum atomic E-state index is -0.456. The first-order valence-corrected chi connectivity index (χ1v) is 6.76. The molecular formula is C17H15NO4. The number of aryl methyl sites for hydroxylation is 1. The fourth-order valence-corrected chi connectivity index (χ4v) is 2.30. The van der Waals surface area contributed by atoms with Crippen LogP contribution in [-0.2, 0) is 0 Å². The van der Waals surface area contributed by atoms with E-state index in [1.54, 1.807) is 12.1 Å². The molecule has 1 aromatic heterocycles. The second kappa shape index (κ2) is 5.52. The van der Waals surface area contributed by atoms with Crippen LogP contribution in [0.15, 0.2) is 45.6 Å². The molecule has 0 aliphatic rings. The topological polar surface area (TPSA) is 61.6 Å². The number of nitrogens with zero attached hydrogens (tertiary/aromatic N) is 1. The molecule has 0 saturated carbocycles. The summed E-state index contributed by atoms with van der Waals surface area (Å²) in [6.07, 6.45) is 0. The normalized spacial score (nSPS) is 10.7. The van der Waals surface area contributed by atoms with Crippen molar-refractivity contribution in [2.75, 3.05) is 14.2 Å². The van der Waals surface area contributed by atoms with Gasteiger partial charge in [0.1, 0.15) is 0 Å². The summed E-state index contributed by atoms with van der Waals surface area (Å²) in [6.45, 7) is 1.97. The van der Waals surface area contributed by atoms with Crippen LogP contribution < -0.4 is 15.1 Å². The number of ether oxygens (including phenoxy) is 2. The van der Waals surface area contributed by atoms with E-state index in [0.717, 1.165) is 11.1 Å². The summed E-state index contributed by atoms with van der Waals surface area (Å²) < 4.78 is 15.8. The van der Waals surface area contributed by atoms with Crippen LogP contribution in [0.2, 0.25) is 0 Å². The molecule has 0 bridgehead atoms. The van der Waals surface area contributed by atoms with Crippen LogP contribution in [0.1, 0.15) is 5.56 Å². The maximum atomic E-state index is 12.2. The van der Waals surface area contributed by atoms with Crippen LogP contribution in [0.4, 0.5) is 0 Å². The molecule has 2 aromatic carbocycles. The van der Waals surface area contributed by atoms with Crippen LogP contribution in [0.3, 0.4) is 0 Å². The third-order valence-electron chi connectivity index (χ3n) is 3.40. The van der Waals surface area contributed by atoms with Crippen molar-refractivity contribution < 1.29 is 13.9 Å². The lowest BCUT2D eigenvalue weighted by molar-refractivity contribution is 0.355. The van der Waals surface area contributed by atoms with Crippen LogP contribution in [0.5, 0.6) is 11.5 Å². The van der Waals surface area contributed by atoms with E-state index < -0.39 is 5.63 Å². The van der Waals surface area contributed by atoms with Gasteiger partial charge in [-0.25, -0.2) is 9.78 Å². The molecule has 112 valence electrons. The van der Waals surface area contributed by atoms with Crippen molar-refractivity contribution >= 4 is 10.9 Å². The minimum absolute atomic E-state index is 0.286. The number of methoxy groups -OCH3 is 2. The molecule has 0 aliphatic heterocycles. The Hall–Kier alpha value is -2.82. The second-order valence-electron chi connectivity index (χ2n) is 4.90. The van der Waals surface area contributed by atoms with E-state index in [2.05, 4.69) is 4.98 Å². The van der Waals surface area contributed by atoms with E-state index in [0.29, 0.717) is 22.4 Å². The number of fused-ring (bicyclic) bond motifs is 1. The van der Waals surface area contributed by atoms with Gasteiger partial charge >= 0.3 is 5.63 Å². The summed E-state index contributed by atoms with van der Waals surface area (Å²) in [5.74, 6) is 1.27. The number of rotatable bonds is 3. The molecule has 0 unspecified atom stereocenters. The Morgan fingerprint density at radius 1 is 1.05 bits per heavy atom. The predicted molar refractivity (Wildman–Crippen MR) is 83.6 cm³/mol. The molecule has 0 spiro atoms. The average Bonchev–Trinajstić information content (AvgIpc) is 2.53. The Morgan fingerprint density at radius 2 is 1.77 bits per heavy atom. The van der Waals surface area contributed by atoms with Crippen molar-refractivity contribution in [3.05, 3.63) is 52.4 Å². The highest BCUT2D eigenvalue weighted by molar-refractivity contribution is 5.82. The van der Waals surface area contributed by atoms with E-state index >= 15 is 0 Å². The Bertz CT molecular complexity index is 899. The quantitative estimate of drug-likeness (QED) is 0.743. The number of hydrogen-bond acceptors (Lipinski definition) is 5. The van der Waals surface area contributed by atoms with Crippen molar-refractivity contribution in [3.63, 3.8) is 0 Å². The Morgan fingerprint density at radius 3 is 2.45 bits per heavy atom. The highest BCUT2D eigenvalue weighted by Crippen LogP contribution is 2.31. The van der Waals surface area contributed by atoms with Gasteiger partial charge in [0.2, 0.25) is 5.89 Å². The molecule has 5 heteroatoms. The van der Waals surface area contributed by atoms with Gasteiger partial charge in [-0.2, -0.15) is 0 Å². The van der Waals surface area contributed by atoms with Gasteiger partial charge in [-0.15, -0.1) is 0 Å². The molecule has 0 atom stereocenters. The molecule has 3 rings (SSSR count). The molecule has 1 heterocycles. The first-order valence-electron chi connectivity index (χ1n) is 6.76. The van der Waals surface area contributed by atoms with Crippen molar-refractivity contribution in [1.82, 2.24) is 4.98 Å². The van der Waals surface area contributed by atoms with Gasteiger partial charge in [0.05, 0.1) is 25.1 Å². The number of benzene rings is 2. The van der Waals surface area contributed by atoms with Gasteiger partial charge in [0, 0.05) is 17.7 Å². The summed E-state index contributed by atoms with van der Waals surface area (Å²) in [4.78, 5) is 16.7. The van der Waals surface area contributed by atoms with Crippen LogP contribution >= 0.6 is 0 Å². The lowest BCUT2D eigenvalue weighted by Crippen LogP contribution is -2.04. The second-order valence-corrected chi connectivity index (χ2v) is 4.90. The third kappa shape index (κ3) is 2.41. The highest BCUT2D eigenvalue weighted by atomic mass is 16.5. The van der Waals surface area contributed by atoms with E-state index in [1.165, 1.54) is 14.2 Å². The number of aromatic nitrogens is 1. The van der Waals surface area contributed by atoms with Crippen molar-refractivity contribution in [3.8, 4) is 23.0 Å². The van der Waals surface area contributed by atoms with Gasteiger partial charge in [0.25, 0.3) is 0 Å². The van der Waals surface area contributed by atoms with Crippen molar-refractivity contribution in [2.45, 2.75) is 6.92 Å². The predicted octanol–water partition coefficient (Wildman–Crippen LogP) is 3.18. The van der Waals surface area contributed by atoms with E-state index in [-0.39, 0.29) is 5.89 Å². The lowest BCUT2D eigenvalue weighted by Gasteiger charge is -2.09. The van der Waals surface area contributed by atoms with Gasteiger partial charge in [-0.3, -0.25) is 0 Å². The molecule has 0 saturated heterocycles. The van der Waals surface area contributed by atoms with Gasteiger partial charge in [-0.1, -0.05) is 17.7 Å². The standard InChI is InChI=1S/C17H15NO4/c1-10-5-4-6-11(7-10)16-18-13-9-15(21-3)14(20-2)8-12(13)17(19)22-16/h4-9H,1-3H3. The summed E-state index contributed by atoms with van der Waals surface area (Å²) in [5, 5.41) is 0.356. The zero-order valence-electron chi connectivity index (χ0n) is 12.5. The fourth-order valence-electron chi connectivity index (χ4n) is 2.30. The highest BCUT2D eigenvalue weighted by Gasteiger charge is 2.13. The van der Waals surface area contributed by atoms with Gasteiger partial charge in [0.15, 0.2) is 11.5 Å². The van der Waals surface area contributed by atoms with E-state index in [4.69, 9.17) is 13.9 Å². The summed E-state index contributed by atoms with van der Waals surface area (Å²) in [6, 6.07) is 10.9. The molecule has 0 N–H and O–H groups in total. The zero-order valence-corrected chi connectivity index (χ0v) is 12.5. The number of hydrogen-bond donors (Lipinski definition) is 0. The SMILES string of the molecule is COc1cc2nc(-c3cccc(C)c3)oc(=O)c2cc1OC. The molecule has 3 aromatic rings. The Balaban J connectivity index is 2.26. The lowest BCUT2D eigenvalue weighted by atomic mass is 10.1. The van der Waals surface area contributed by atoms with Gasteiger partial charge < -0.3 is 13.9 Å². The average molecular weight is 297 g/mol. The molecule has 22 heavy (non-hydrogen) atoms. The smallest absolute Gasteiger partial charge is 0.347 e. The third-order valence-corrected chi connectivity index (χ3v) is 3.40. The Kier molecular flexibility index (Phi) is 3.55. The van der Waals surface area contributed by atoms with Crippen molar-refractivity contribution in [1.29, 1.82) is 0 Å². The minimum Gasteiger partial charge on any atom is -0.493 e. The Labute approximate surface area is 127 Å². The molecular weight excluding hydrogens is 282 g/mol. The van der Waals surface area contributed by atoms with Crippen LogP contribution in [-0.4, -0.2) is 19.2 Å². The van der Waals surface area contributed by atoms with Crippen LogP contribution in [0.25, 0.3) is 22.4 Å². The maximum absolute atomic E-state index is 12.2. The maximum Gasteiger partial charge on any atom is 0.347 e. The monoisotopic (exact) mass is 297 g/mol. The van der Waals surface area contributed by atoms with Crippen LogP contribution in [0, 0.1) is 6.92 Å². The van der Waals surface area contributed by atoms with E-state index in [9.17, 15) is 4.79 Å². The summed E-state index contributed by atoms with van der Waals surface area (Å²) >= 11 is 0. The van der Waals surface area contributed by atoms with E-state index in [1.807, 2.05) is 31.2 Å². The summed E-state index contributed by atoms with van der Waals surface area (Å²) in [7, 11) is 3.05. The molecule has 5 nitrogen and oxygen atoms in total. The summed E-state index contributed by atoms with van der Waals surface area (Å²) in [5.41, 5.74) is 1.87. The van der Waals surface area contributed by atoms with Gasteiger partial charge in [-0.05, 0) is 19.1 Å². The first kappa shape index (κ1) is 14.1. The largest absolute Gasteiger partial charge is 0.493 e. The van der Waals surface area contributed by atoms with Crippen molar-refractivity contribution in [2.24, 2.45) is 0 Å². The zero-order chi connectivity index (χ0) is 15.7. The molecule has 0 amide bonds. The first-order chi connectivity index (χ1) is 10.6. The molecule has 0 fully saturated rings. The molecule has 0 aliphatic carbocycles.